The molecule has 0 aromatic heterocycles. The lowest BCUT2D eigenvalue weighted by atomic mass is 10.1. The molecule has 86 valence electrons. The Morgan fingerprint density at radius 2 is 2.33 bits per heavy atom. The Balaban J connectivity index is 1.89. The van der Waals surface area contributed by atoms with Gasteiger partial charge in [0.25, 0.3) is 0 Å². The molecule has 2 atom stereocenters. The first kappa shape index (κ1) is 10.9. The van der Waals surface area contributed by atoms with E-state index in [1.807, 2.05) is 0 Å². The van der Waals surface area contributed by atoms with Crippen LogP contribution in [0.25, 0.3) is 0 Å². The van der Waals surface area contributed by atoms with Crippen LogP contribution in [0.2, 0.25) is 0 Å². The number of hydrogen-bond acceptors (Lipinski definition) is 3. The van der Waals surface area contributed by atoms with Crippen molar-refractivity contribution in [1.82, 2.24) is 10.2 Å². The second-order valence-corrected chi connectivity index (χ2v) is 4.68. The topological polar surface area (TPSA) is 52.6 Å². The maximum Gasteiger partial charge on any atom is 0.221 e. The fourth-order valence-electron chi connectivity index (χ4n) is 2.61. The predicted molar refractivity (Wildman–Crippen MR) is 57.4 cm³/mol. The SMILES string of the molecule is O=C1CC(N2CCC(CO)C2)CCCN1. The van der Waals surface area contributed by atoms with Crippen LogP contribution in [0.4, 0.5) is 0 Å². The lowest BCUT2D eigenvalue weighted by molar-refractivity contribution is -0.121. The molecular formula is C11H20N2O2. The summed E-state index contributed by atoms with van der Waals surface area (Å²) >= 11 is 0. The predicted octanol–water partition coefficient (Wildman–Crippen LogP) is -0.0307. The summed E-state index contributed by atoms with van der Waals surface area (Å²) in [5.41, 5.74) is 0. The molecule has 0 saturated carbocycles. The van der Waals surface area contributed by atoms with Crippen molar-refractivity contribution in [3.8, 4) is 0 Å². The Labute approximate surface area is 90.6 Å². The van der Waals surface area contributed by atoms with Gasteiger partial charge in [-0.25, -0.2) is 0 Å². The van der Waals surface area contributed by atoms with Crippen molar-refractivity contribution in [2.45, 2.75) is 31.7 Å². The van der Waals surface area contributed by atoms with Gasteiger partial charge in [0.1, 0.15) is 0 Å². The smallest absolute Gasteiger partial charge is 0.221 e. The summed E-state index contributed by atoms with van der Waals surface area (Å²) in [6.07, 6.45) is 3.90. The van der Waals surface area contributed by atoms with Gasteiger partial charge in [-0.15, -0.1) is 0 Å². The summed E-state index contributed by atoms with van der Waals surface area (Å²) in [7, 11) is 0. The Kier molecular flexibility index (Phi) is 3.59. The number of amides is 1. The number of nitrogens with one attached hydrogen (secondary N) is 1. The van der Waals surface area contributed by atoms with Gasteiger partial charge in [0, 0.05) is 32.2 Å². The van der Waals surface area contributed by atoms with Crippen LogP contribution in [0.5, 0.6) is 0 Å². The van der Waals surface area contributed by atoms with Crippen LogP contribution in [0.15, 0.2) is 0 Å². The van der Waals surface area contributed by atoms with E-state index in [0.29, 0.717) is 18.4 Å². The summed E-state index contributed by atoms with van der Waals surface area (Å²) in [4.78, 5) is 13.8. The van der Waals surface area contributed by atoms with Gasteiger partial charge in [0.05, 0.1) is 0 Å². The zero-order chi connectivity index (χ0) is 10.7. The third-order valence-corrected chi connectivity index (χ3v) is 3.55. The van der Waals surface area contributed by atoms with E-state index in [1.165, 1.54) is 0 Å². The van der Waals surface area contributed by atoms with Crippen molar-refractivity contribution in [2.24, 2.45) is 5.92 Å². The van der Waals surface area contributed by atoms with Crippen LogP contribution in [-0.2, 0) is 4.79 Å². The Bertz CT molecular complexity index is 233. The van der Waals surface area contributed by atoms with Gasteiger partial charge in [0.15, 0.2) is 0 Å². The summed E-state index contributed by atoms with van der Waals surface area (Å²) in [6.45, 7) is 3.12. The van der Waals surface area contributed by atoms with Crippen LogP contribution in [0.3, 0.4) is 0 Å². The van der Waals surface area contributed by atoms with Crippen molar-refractivity contribution in [1.29, 1.82) is 0 Å². The van der Waals surface area contributed by atoms with Crippen molar-refractivity contribution in [3.63, 3.8) is 0 Å². The molecule has 0 bridgehead atoms. The molecule has 2 fully saturated rings. The van der Waals surface area contributed by atoms with Crippen molar-refractivity contribution >= 4 is 5.91 Å². The van der Waals surface area contributed by atoms with E-state index >= 15 is 0 Å². The number of hydrogen-bond donors (Lipinski definition) is 2. The van der Waals surface area contributed by atoms with Gasteiger partial charge in [-0.05, 0) is 31.7 Å². The average Bonchev–Trinajstić information content (AvgIpc) is 2.61. The summed E-state index contributed by atoms with van der Waals surface area (Å²) in [5, 5.41) is 12.0. The third-order valence-electron chi connectivity index (χ3n) is 3.55. The van der Waals surface area contributed by atoms with E-state index in [0.717, 1.165) is 38.9 Å². The minimum absolute atomic E-state index is 0.185. The first-order valence-electron chi connectivity index (χ1n) is 5.91. The fraction of sp³-hybridized carbons (Fsp3) is 0.909. The van der Waals surface area contributed by atoms with Gasteiger partial charge in [-0.2, -0.15) is 0 Å². The molecule has 2 aliphatic heterocycles. The zero-order valence-corrected chi connectivity index (χ0v) is 9.11. The van der Waals surface area contributed by atoms with Crippen LogP contribution in [-0.4, -0.2) is 48.2 Å². The number of rotatable bonds is 2. The molecule has 0 aromatic rings. The standard InChI is InChI=1S/C11H20N2O2/c14-8-9-3-5-13(7-9)10-2-1-4-12-11(15)6-10/h9-10,14H,1-8H2,(H,12,15). The van der Waals surface area contributed by atoms with Crippen LogP contribution in [0, 0.1) is 5.92 Å². The van der Waals surface area contributed by atoms with Crippen molar-refractivity contribution < 1.29 is 9.90 Å². The second kappa shape index (κ2) is 4.94. The second-order valence-electron chi connectivity index (χ2n) is 4.68. The van der Waals surface area contributed by atoms with E-state index in [4.69, 9.17) is 5.11 Å². The lowest BCUT2D eigenvalue weighted by Gasteiger charge is -2.25. The molecule has 4 nitrogen and oxygen atoms in total. The van der Waals surface area contributed by atoms with E-state index in [2.05, 4.69) is 10.2 Å². The highest BCUT2D eigenvalue weighted by Crippen LogP contribution is 2.22. The molecule has 0 aliphatic carbocycles. The van der Waals surface area contributed by atoms with Crippen LogP contribution < -0.4 is 5.32 Å². The van der Waals surface area contributed by atoms with Crippen molar-refractivity contribution in [2.75, 3.05) is 26.2 Å². The minimum atomic E-state index is 0.185. The number of nitrogens with zero attached hydrogens (tertiary/aromatic N) is 1. The van der Waals surface area contributed by atoms with Gasteiger partial charge >= 0.3 is 0 Å². The molecule has 0 spiro atoms. The molecule has 2 heterocycles. The number of carbonyl (C=O) groups is 1. The monoisotopic (exact) mass is 212 g/mol. The minimum Gasteiger partial charge on any atom is -0.396 e. The normalized spacial score (nSPS) is 33.8. The van der Waals surface area contributed by atoms with E-state index in [1.54, 1.807) is 0 Å². The molecule has 1 amide bonds. The number of aliphatic hydroxyl groups excluding tert-OH is 1. The summed E-state index contributed by atoms with van der Waals surface area (Å²) in [6, 6.07) is 0.407. The van der Waals surface area contributed by atoms with Gasteiger partial charge in [-0.1, -0.05) is 0 Å². The van der Waals surface area contributed by atoms with Gasteiger partial charge < -0.3 is 10.4 Å². The molecule has 2 saturated heterocycles. The molecule has 0 aromatic carbocycles. The molecule has 0 radical (unpaired) electrons. The first-order valence-corrected chi connectivity index (χ1v) is 5.91. The maximum atomic E-state index is 11.4. The highest BCUT2D eigenvalue weighted by Gasteiger charge is 2.29. The number of likely N-dealkylation sites (tertiary alicyclic amines) is 1. The summed E-state index contributed by atoms with van der Waals surface area (Å²) in [5.74, 6) is 0.612. The number of carbonyl (C=O) groups excluding carboxylic acids is 1. The largest absolute Gasteiger partial charge is 0.396 e. The van der Waals surface area contributed by atoms with Gasteiger partial charge in [0.2, 0.25) is 5.91 Å². The Morgan fingerprint density at radius 1 is 1.47 bits per heavy atom. The Hall–Kier alpha value is -0.610. The van der Waals surface area contributed by atoms with E-state index in [9.17, 15) is 4.79 Å². The summed E-state index contributed by atoms with van der Waals surface area (Å²) < 4.78 is 0. The number of aliphatic hydroxyl groups is 1. The van der Waals surface area contributed by atoms with Crippen molar-refractivity contribution in [3.05, 3.63) is 0 Å². The molecule has 4 heteroatoms. The quantitative estimate of drug-likeness (QED) is 0.676. The highest BCUT2D eigenvalue weighted by atomic mass is 16.3. The van der Waals surface area contributed by atoms with E-state index in [-0.39, 0.29) is 12.5 Å². The molecule has 2 N–H and O–H groups in total. The molecule has 15 heavy (non-hydrogen) atoms. The fourth-order valence-corrected chi connectivity index (χ4v) is 2.61. The van der Waals surface area contributed by atoms with Gasteiger partial charge in [-0.3, -0.25) is 9.69 Å². The van der Waals surface area contributed by atoms with Crippen LogP contribution in [0.1, 0.15) is 25.7 Å². The van der Waals surface area contributed by atoms with Crippen LogP contribution >= 0.6 is 0 Å². The van der Waals surface area contributed by atoms with E-state index < -0.39 is 0 Å². The average molecular weight is 212 g/mol. The maximum absolute atomic E-state index is 11.4. The zero-order valence-electron chi connectivity index (χ0n) is 9.11. The first-order chi connectivity index (χ1) is 7.29. The third kappa shape index (κ3) is 2.69. The molecular weight excluding hydrogens is 192 g/mol. The molecule has 2 rings (SSSR count). The highest BCUT2D eigenvalue weighted by molar-refractivity contribution is 5.76. The lowest BCUT2D eigenvalue weighted by Crippen LogP contribution is -2.36. The molecule has 2 unspecified atom stereocenters. The molecule has 2 aliphatic rings. The Morgan fingerprint density at radius 3 is 3.07 bits per heavy atom.